The van der Waals surface area contributed by atoms with Crippen LogP contribution in [0.25, 0.3) is 177 Å². The average molecular weight is 1300 g/mol. The molecule has 102 heavy (non-hydrogen) atoms. The zero-order chi connectivity index (χ0) is 68.1. The molecule has 0 bridgehead atoms. The minimum atomic E-state index is -0.0336. The molecule has 0 saturated carbocycles. The smallest absolute Gasteiger partial charge is 0.177 e. The lowest BCUT2D eigenvalue weighted by Gasteiger charge is -2.19. The first-order valence-electron chi connectivity index (χ1n) is 33.4. The summed E-state index contributed by atoms with van der Waals surface area (Å²) >= 11 is 0. The fraction of sp³-hybridized carbons (Fsp3) is 0. The van der Waals surface area contributed by atoms with Crippen LogP contribution in [-0.4, -0.2) is 38.2 Å². The van der Waals surface area contributed by atoms with Crippen molar-refractivity contribution in [2.45, 2.75) is 0 Å². The second-order valence-electron chi connectivity index (χ2n) is 25.4. The van der Waals surface area contributed by atoms with E-state index in [1.54, 1.807) is 0 Å². The van der Waals surface area contributed by atoms with Crippen molar-refractivity contribution in [2.75, 3.05) is 0 Å². The Labute approximate surface area is 583 Å². The van der Waals surface area contributed by atoms with Crippen molar-refractivity contribution < 1.29 is 0 Å². The summed E-state index contributed by atoms with van der Waals surface area (Å²) in [7, 11) is 0. The van der Waals surface area contributed by atoms with E-state index < -0.39 is 0 Å². The molecule has 0 atom stereocenters. The van der Waals surface area contributed by atoms with E-state index in [-0.39, 0.29) is 22.8 Å². The third-order valence-corrected chi connectivity index (χ3v) is 20.0. The molecule has 470 valence electrons. The Bertz CT molecular complexity index is 6380. The van der Waals surface area contributed by atoms with Crippen molar-refractivity contribution in [3.05, 3.63) is 326 Å². The Kier molecular flexibility index (Phi) is 13.5. The SMILES string of the molecule is N#Cc1ncc(-c2ccc(-c3cc(-c4ccc(-n5c6ccccc6c6cc(-n7c8ccccc8c8ccccc87)ccc65)cc4)c(-c4ccc(-c5cnc(C#N)c(C#N)n5)cc4)cc3-c3ccc(-n4c5ccccc5c5cc(-n6c7ccccc7c7ccccc76)ccc54)cc3)cc2)nc1C#N. The minimum absolute atomic E-state index is 0.0252. The molecule has 6 heterocycles. The molecule has 0 saturated heterocycles. The Morgan fingerprint density at radius 1 is 0.216 bits per heavy atom. The first-order valence-corrected chi connectivity index (χ1v) is 33.4. The van der Waals surface area contributed by atoms with Gasteiger partial charge in [-0.1, -0.05) is 182 Å². The highest BCUT2D eigenvalue weighted by Gasteiger charge is 2.23. The summed E-state index contributed by atoms with van der Waals surface area (Å²) < 4.78 is 9.45. The van der Waals surface area contributed by atoms with Crippen LogP contribution in [0.1, 0.15) is 22.8 Å². The number of benzene rings is 13. The van der Waals surface area contributed by atoms with Crippen LogP contribution in [0.5, 0.6) is 0 Å². The zero-order valence-corrected chi connectivity index (χ0v) is 54.2. The van der Waals surface area contributed by atoms with E-state index >= 15 is 0 Å². The third-order valence-electron chi connectivity index (χ3n) is 20.0. The standard InChI is InChI=1S/C90H50N12/c91-49-77-79(51-93)97-81(53-95-77)59-29-25-55(26-30-59)71-48-74(58-35-39-62(40-36-58)100-88-24-12-6-18-70(88)76-46-64(42-44-90(76)100)102-85-21-9-3-15-67(85)68-16-4-10-22-86(68)102)72(56-27-31-60(32-28-56)82-54-96-78(50-92)80(52-94)98-82)47-73(71)57-33-37-61(38-34-57)99-87-23-11-5-17-69(87)75-45-63(41-43-89(75)99)101-83-19-7-1-13-65(83)66-14-2-8-20-84(66)101/h1-48,53-54H. The molecule has 19 aromatic rings. The maximum atomic E-state index is 9.95. The molecule has 0 aliphatic rings. The first kappa shape index (κ1) is 58.5. The maximum absolute atomic E-state index is 9.95. The van der Waals surface area contributed by atoms with E-state index in [2.05, 4.69) is 305 Å². The molecular weight excluding hydrogens is 1250 g/mol. The average Bonchev–Trinajstić information content (AvgIpc) is 1.57. The Morgan fingerprint density at radius 3 is 0.745 bits per heavy atom. The van der Waals surface area contributed by atoms with Gasteiger partial charge in [0.1, 0.15) is 24.3 Å². The summed E-state index contributed by atoms with van der Waals surface area (Å²) in [4.78, 5) is 17.7. The van der Waals surface area contributed by atoms with Gasteiger partial charge in [-0.05, 0) is 154 Å². The van der Waals surface area contributed by atoms with Gasteiger partial charge in [-0.15, -0.1) is 0 Å². The van der Waals surface area contributed by atoms with Crippen molar-refractivity contribution in [2.24, 2.45) is 0 Å². The van der Waals surface area contributed by atoms with Crippen LogP contribution < -0.4 is 0 Å². The third kappa shape index (κ3) is 9.27. The van der Waals surface area contributed by atoms with E-state index in [9.17, 15) is 21.0 Å². The Balaban J connectivity index is 0.775. The first-order chi connectivity index (χ1) is 50.4. The predicted octanol–water partition coefficient (Wildman–Crippen LogP) is 21.1. The van der Waals surface area contributed by atoms with Gasteiger partial charge in [0, 0.05) is 77.0 Å². The summed E-state index contributed by atoms with van der Waals surface area (Å²) in [6.45, 7) is 0. The molecule has 0 spiro atoms. The van der Waals surface area contributed by atoms with Gasteiger partial charge in [0.2, 0.25) is 0 Å². The van der Waals surface area contributed by atoms with E-state index in [4.69, 9.17) is 0 Å². The molecule has 6 aromatic heterocycles. The number of aromatic nitrogens is 8. The highest BCUT2D eigenvalue weighted by Crippen LogP contribution is 2.46. The van der Waals surface area contributed by atoms with Gasteiger partial charge in [0.25, 0.3) is 0 Å². The number of para-hydroxylation sites is 6. The van der Waals surface area contributed by atoms with Crippen LogP contribution in [0.15, 0.2) is 304 Å². The Morgan fingerprint density at radius 2 is 0.451 bits per heavy atom. The topological polar surface area (TPSA) is 166 Å². The molecule has 0 aliphatic heterocycles. The van der Waals surface area contributed by atoms with Gasteiger partial charge >= 0.3 is 0 Å². The summed E-state index contributed by atoms with van der Waals surface area (Å²) in [5.41, 5.74) is 23.2. The maximum Gasteiger partial charge on any atom is 0.177 e. The van der Waals surface area contributed by atoms with Crippen LogP contribution in [0, 0.1) is 45.3 Å². The van der Waals surface area contributed by atoms with Crippen molar-refractivity contribution in [1.29, 1.82) is 21.0 Å². The van der Waals surface area contributed by atoms with Crippen LogP contribution in [0.3, 0.4) is 0 Å². The minimum Gasteiger partial charge on any atom is -0.309 e. The number of hydrogen-bond acceptors (Lipinski definition) is 8. The van der Waals surface area contributed by atoms with Gasteiger partial charge < -0.3 is 18.3 Å². The summed E-state index contributed by atoms with van der Waals surface area (Å²) in [6.07, 6.45) is 3.07. The lowest BCUT2D eigenvalue weighted by Crippen LogP contribution is -1.97. The summed E-state index contributed by atoms with van der Waals surface area (Å²) in [6, 6.07) is 112. The van der Waals surface area contributed by atoms with Crippen LogP contribution in [-0.2, 0) is 0 Å². The van der Waals surface area contributed by atoms with Crippen molar-refractivity contribution in [1.82, 2.24) is 38.2 Å². The summed E-state index contributed by atoms with van der Waals surface area (Å²) in [5.74, 6) is 0. The predicted molar refractivity (Wildman–Crippen MR) is 406 cm³/mol. The molecule has 0 aliphatic carbocycles. The fourth-order valence-electron chi connectivity index (χ4n) is 15.3. The van der Waals surface area contributed by atoms with Gasteiger partial charge in [-0.25, -0.2) is 19.9 Å². The van der Waals surface area contributed by atoms with E-state index in [0.717, 1.165) is 144 Å². The van der Waals surface area contributed by atoms with E-state index in [1.165, 1.54) is 33.9 Å². The van der Waals surface area contributed by atoms with Crippen molar-refractivity contribution >= 4 is 87.2 Å². The quantitative estimate of drug-likeness (QED) is 0.130. The molecule has 12 nitrogen and oxygen atoms in total. The highest BCUT2D eigenvalue weighted by atomic mass is 15.0. The second kappa shape index (κ2) is 23.5. The molecule has 0 N–H and O–H groups in total. The number of nitrogens with zero attached hydrogens (tertiary/aromatic N) is 12. The van der Waals surface area contributed by atoms with Gasteiger partial charge in [-0.3, -0.25) is 0 Å². The van der Waals surface area contributed by atoms with Crippen LogP contribution in [0.4, 0.5) is 0 Å². The number of hydrogen-bond donors (Lipinski definition) is 0. The number of rotatable bonds is 10. The highest BCUT2D eigenvalue weighted by molar-refractivity contribution is 6.14. The lowest BCUT2D eigenvalue weighted by atomic mass is 9.85. The van der Waals surface area contributed by atoms with E-state index in [0.29, 0.717) is 11.4 Å². The van der Waals surface area contributed by atoms with Crippen molar-refractivity contribution in [3.63, 3.8) is 0 Å². The number of nitriles is 4. The molecule has 12 heteroatoms. The van der Waals surface area contributed by atoms with Gasteiger partial charge in [0.05, 0.1) is 67.9 Å². The normalized spacial score (nSPS) is 11.5. The number of fused-ring (bicyclic) bond motifs is 12. The van der Waals surface area contributed by atoms with Crippen LogP contribution >= 0.6 is 0 Å². The molecule has 13 aromatic carbocycles. The lowest BCUT2D eigenvalue weighted by molar-refractivity contribution is 1.13. The fourth-order valence-corrected chi connectivity index (χ4v) is 15.3. The molecule has 0 amide bonds. The molecule has 0 unspecified atom stereocenters. The largest absolute Gasteiger partial charge is 0.309 e. The molecule has 0 radical (unpaired) electrons. The molecule has 19 rings (SSSR count). The second-order valence-corrected chi connectivity index (χ2v) is 25.4. The van der Waals surface area contributed by atoms with Crippen LogP contribution in [0.2, 0.25) is 0 Å². The Hall–Kier alpha value is -14.8. The molecule has 0 fully saturated rings. The summed E-state index contributed by atoms with van der Waals surface area (Å²) in [5, 5.41) is 48.8. The zero-order valence-electron chi connectivity index (χ0n) is 54.2. The van der Waals surface area contributed by atoms with Gasteiger partial charge in [0.15, 0.2) is 22.8 Å². The van der Waals surface area contributed by atoms with E-state index in [1.807, 2.05) is 48.5 Å². The molecular formula is C90H50N12. The monoisotopic (exact) mass is 1300 g/mol. The van der Waals surface area contributed by atoms with Crippen molar-refractivity contribution in [3.8, 4) is 114 Å². The van der Waals surface area contributed by atoms with Gasteiger partial charge in [-0.2, -0.15) is 21.0 Å².